The van der Waals surface area contributed by atoms with E-state index in [0.717, 1.165) is 23.4 Å². The molecule has 0 aromatic heterocycles. The smallest absolute Gasteiger partial charge is 0.261 e. The molecular weight excluding hydrogens is 348 g/mol. The van der Waals surface area contributed by atoms with Crippen molar-refractivity contribution in [3.63, 3.8) is 0 Å². The van der Waals surface area contributed by atoms with Gasteiger partial charge in [-0.05, 0) is 74.5 Å². The number of likely N-dealkylation sites (tertiary alicyclic amines) is 1. The highest BCUT2D eigenvalue weighted by molar-refractivity contribution is 5.81. The summed E-state index contributed by atoms with van der Waals surface area (Å²) in [7, 11) is 0. The molecule has 0 aliphatic carbocycles. The molecule has 1 fully saturated rings. The molecule has 1 aliphatic rings. The van der Waals surface area contributed by atoms with Gasteiger partial charge >= 0.3 is 0 Å². The Morgan fingerprint density at radius 3 is 2.57 bits per heavy atom. The van der Waals surface area contributed by atoms with Crippen molar-refractivity contribution in [2.75, 3.05) is 13.1 Å². The van der Waals surface area contributed by atoms with Crippen molar-refractivity contribution < 1.29 is 9.53 Å². The molecule has 1 saturated heterocycles. The van der Waals surface area contributed by atoms with Crippen LogP contribution in [0.15, 0.2) is 42.5 Å². The zero-order valence-corrected chi connectivity index (χ0v) is 17.3. The number of amides is 1. The molecule has 1 heterocycles. The standard InChI is InChI=1S/C24H32N2O2/c1-4-22(28-23-12-7-9-18(2)19(23)3)24(27)25-16-20-10-8-11-21(15-20)17-26-13-5-6-14-26/h7-12,15,22H,4-6,13-14,16-17H2,1-3H3,(H,25,27). The second kappa shape index (κ2) is 9.74. The molecule has 1 N–H and O–H groups in total. The molecule has 1 unspecified atom stereocenters. The lowest BCUT2D eigenvalue weighted by Crippen LogP contribution is -2.37. The number of carbonyl (C=O) groups is 1. The van der Waals surface area contributed by atoms with Gasteiger partial charge in [-0.15, -0.1) is 0 Å². The third-order valence-electron chi connectivity index (χ3n) is 5.55. The molecule has 0 bridgehead atoms. The largest absolute Gasteiger partial charge is 0.480 e. The van der Waals surface area contributed by atoms with E-state index in [1.807, 2.05) is 26.0 Å². The number of carbonyl (C=O) groups excluding carboxylic acids is 1. The first-order chi connectivity index (χ1) is 13.6. The molecule has 1 aliphatic heterocycles. The lowest BCUT2D eigenvalue weighted by molar-refractivity contribution is -0.128. The Bertz CT molecular complexity index is 797. The van der Waals surface area contributed by atoms with Crippen molar-refractivity contribution in [1.82, 2.24) is 10.2 Å². The minimum absolute atomic E-state index is 0.0617. The lowest BCUT2D eigenvalue weighted by atomic mass is 10.1. The van der Waals surface area contributed by atoms with Crippen LogP contribution in [0, 0.1) is 13.8 Å². The first-order valence-corrected chi connectivity index (χ1v) is 10.4. The third kappa shape index (κ3) is 5.35. The van der Waals surface area contributed by atoms with Gasteiger partial charge in [-0.25, -0.2) is 0 Å². The molecule has 4 heteroatoms. The van der Waals surface area contributed by atoms with Gasteiger partial charge in [0.25, 0.3) is 5.91 Å². The summed E-state index contributed by atoms with van der Waals surface area (Å²) in [6, 6.07) is 14.5. The van der Waals surface area contributed by atoms with Gasteiger partial charge in [-0.2, -0.15) is 0 Å². The molecule has 0 radical (unpaired) electrons. The first-order valence-electron chi connectivity index (χ1n) is 10.4. The van der Waals surface area contributed by atoms with Gasteiger partial charge in [0.05, 0.1) is 0 Å². The predicted molar refractivity (Wildman–Crippen MR) is 113 cm³/mol. The van der Waals surface area contributed by atoms with Crippen molar-refractivity contribution in [3.05, 3.63) is 64.7 Å². The molecular formula is C24H32N2O2. The van der Waals surface area contributed by atoms with Crippen LogP contribution in [-0.2, 0) is 17.9 Å². The zero-order chi connectivity index (χ0) is 19.9. The molecule has 150 valence electrons. The van der Waals surface area contributed by atoms with Gasteiger partial charge in [0, 0.05) is 13.1 Å². The number of hydrogen-bond donors (Lipinski definition) is 1. The number of benzene rings is 2. The van der Waals surface area contributed by atoms with Crippen LogP contribution in [0.1, 0.15) is 48.4 Å². The van der Waals surface area contributed by atoms with E-state index in [9.17, 15) is 4.79 Å². The van der Waals surface area contributed by atoms with Crippen molar-refractivity contribution in [3.8, 4) is 5.75 Å². The lowest BCUT2D eigenvalue weighted by Gasteiger charge is -2.19. The molecule has 0 saturated carbocycles. The predicted octanol–water partition coefficient (Wildman–Crippen LogP) is 4.37. The van der Waals surface area contributed by atoms with E-state index in [4.69, 9.17) is 4.74 Å². The van der Waals surface area contributed by atoms with Gasteiger partial charge in [-0.3, -0.25) is 9.69 Å². The summed E-state index contributed by atoms with van der Waals surface area (Å²) in [4.78, 5) is 15.2. The molecule has 4 nitrogen and oxygen atoms in total. The second-order valence-electron chi connectivity index (χ2n) is 7.73. The minimum Gasteiger partial charge on any atom is -0.480 e. The number of rotatable bonds is 8. The van der Waals surface area contributed by atoms with E-state index in [2.05, 4.69) is 47.5 Å². The van der Waals surface area contributed by atoms with Gasteiger partial charge < -0.3 is 10.1 Å². The Balaban J connectivity index is 1.56. The summed E-state index contributed by atoms with van der Waals surface area (Å²) in [6.45, 7) is 9.96. The van der Waals surface area contributed by atoms with Crippen LogP contribution in [0.5, 0.6) is 5.75 Å². The third-order valence-corrected chi connectivity index (χ3v) is 5.55. The maximum atomic E-state index is 12.7. The maximum Gasteiger partial charge on any atom is 0.261 e. The van der Waals surface area contributed by atoms with Gasteiger partial charge in [0.15, 0.2) is 6.10 Å². The van der Waals surface area contributed by atoms with Crippen LogP contribution >= 0.6 is 0 Å². The molecule has 1 atom stereocenters. The van der Waals surface area contributed by atoms with E-state index in [0.29, 0.717) is 13.0 Å². The van der Waals surface area contributed by atoms with Gasteiger partial charge in [-0.1, -0.05) is 43.3 Å². The molecule has 0 spiro atoms. The highest BCUT2D eigenvalue weighted by Gasteiger charge is 2.19. The molecule has 3 rings (SSSR count). The van der Waals surface area contributed by atoms with Crippen molar-refractivity contribution in [2.45, 2.75) is 59.2 Å². The Kier molecular flexibility index (Phi) is 7.10. The Hall–Kier alpha value is -2.33. The minimum atomic E-state index is -0.478. The summed E-state index contributed by atoms with van der Waals surface area (Å²) in [6.07, 6.45) is 2.76. The van der Waals surface area contributed by atoms with Crippen molar-refractivity contribution in [2.24, 2.45) is 0 Å². The summed E-state index contributed by atoms with van der Waals surface area (Å²) >= 11 is 0. The number of hydrogen-bond acceptors (Lipinski definition) is 3. The quantitative estimate of drug-likeness (QED) is 0.739. The summed E-state index contributed by atoms with van der Waals surface area (Å²) in [5, 5.41) is 3.05. The van der Waals surface area contributed by atoms with Crippen LogP contribution in [0.3, 0.4) is 0 Å². The van der Waals surface area contributed by atoms with Crippen molar-refractivity contribution in [1.29, 1.82) is 0 Å². The fourth-order valence-electron chi connectivity index (χ4n) is 3.67. The van der Waals surface area contributed by atoms with Crippen LogP contribution in [-0.4, -0.2) is 30.0 Å². The second-order valence-corrected chi connectivity index (χ2v) is 7.73. The summed E-state index contributed by atoms with van der Waals surface area (Å²) in [5.41, 5.74) is 4.70. The number of ether oxygens (including phenoxy) is 1. The van der Waals surface area contributed by atoms with Gasteiger partial charge in [0.2, 0.25) is 0 Å². The summed E-state index contributed by atoms with van der Waals surface area (Å²) < 4.78 is 6.02. The summed E-state index contributed by atoms with van der Waals surface area (Å²) in [5.74, 6) is 0.725. The molecule has 28 heavy (non-hydrogen) atoms. The van der Waals surface area contributed by atoms with E-state index in [1.165, 1.54) is 37.1 Å². The monoisotopic (exact) mass is 380 g/mol. The van der Waals surface area contributed by atoms with Crippen LogP contribution in [0.25, 0.3) is 0 Å². The number of nitrogens with zero attached hydrogens (tertiary/aromatic N) is 1. The van der Waals surface area contributed by atoms with E-state index in [-0.39, 0.29) is 5.91 Å². The Labute approximate surface area is 168 Å². The highest BCUT2D eigenvalue weighted by Crippen LogP contribution is 2.22. The van der Waals surface area contributed by atoms with Crippen LogP contribution in [0.4, 0.5) is 0 Å². The SMILES string of the molecule is CCC(Oc1cccc(C)c1C)C(=O)NCc1cccc(CN2CCCC2)c1. The van der Waals surface area contributed by atoms with Crippen molar-refractivity contribution >= 4 is 5.91 Å². The maximum absolute atomic E-state index is 12.7. The van der Waals surface area contributed by atoms with Crippen LogP contribution in [0.2, 0.25) is 0 Å². The average molecular weight is 381 g/mol. The highest BCUT2D eigenvalue weighted by atomic mass is 16.5. The van der Waals surface area contributed by atoms with E-state index >= 15 is 0 Å². The normalized spacial score (nSPS) is 15.4. The molecule has 1 amide bonds. The van der Waals surface area contributed by atoms with E-state index in [1.54, 1.807) is 0 Å². The molecule has 2 aromatic rings. The fourth-order valence-corrected chi connectivity index (χ4v) is 3.67. The first kappa shape index (κ1) is 20.4. The Morgan fingerprint density at radius 1 is 1.11 bits per heavy atom. The topological polar surface area (TPSA) is 41.6 Å². The Morgan fingerprint density at radius 2 is 1.82 bits per heavy atom. The molecule has 2 aromatic carbocycles. The number of nitrogens with one attached hydrogen (secondary N) is 1. The van der Waals surface area contributed by atoms with E-state index < -0.39 is 6.10 Å². The van der Waals surface area contributed by atoms with Crippen LogP contribution < -0.4 is 10.1 Å². The zero-order valence-electron chi connectivity index (χ0n) is 17.3. The average Bonchev–Trinajstić information content (AvgIpc) is 3.20. The number of aryl methyl sites for hydroxylation is 1. The fraction of sp³-hybridized carbons (Fsp3) is 0.458. The van der Waals surface area contributed by atoms with Gasteiger partial charge in [0.1, 0.15) is 5.75 Å².